The maximum atomic E-state index is 11.3. The summed E-state index contributed by atoms with van der Waals surface area (Å²) in [6.45, 7) is 2.89. The molecule has 21 heavy (non-hydrogen) atoms. The topological polar surface area (TPSA) is 92.3 Å². The van der Waals surface area contributed by atoms with E-state index in [2.05, 4.69) is 5.32 Å². The highest BCUT2D eigenvalue weighted by Crippen LogP contribution is 2.30. The zero-order chi connectivity index (χ0) is 15.6. The van der Waals surface area contributed by atoms with Crippen LogP contribution in [-0.2, 0) is 33.3 Å². The molecular formula is C12H17NO7S. The maximum absolute atomic E-state index is 11.3. The molecule has 8 nitrogen and oxygen atoms in total. The molecule has 0 unspecified atom stereocenters. The average molecular weight is 319 g/mol. The van der Waals surface area contributed by atoms with E-state index in [1.807, 2.05) is 0 Å². The molecule has 0 bridgehead atoms. The zero-order valence-corrected chi connectivity index (χ0v) is 12.7. The summed E-state index contributed by atoms with van der Waals surface area (Å²) in [5.74, 6) is -1.07. The number of thiocarbonyl (C=S) groups is 1. The van der Waals surface area contributed by atoms with Crippen molar-refractivity contribution in [1.82, 2.24) is 5.32 Å². The van der Waals surface area contributed by atoms with Gasteiger partial charge in [0.1, 0.15) is 6.10 Å². The van der Waals surface area contributed by atoms with Gasteiger partial charge in [0.15, 0.2) is 24.6 Å². The van der Waals surface area contributed by atoms with Crippen molar-refractivity contribution in [3.63, 3.8) is 0 Å². The summed E-state index contributed by atoms with van der Waals surface area (Å²) in [5.41, 5.74) is 0. The third-order valence-electron chi connectivity index (χ3n) is 3.12. The first-order valence-corrected chi connectivity index (χ1v) is 6.80. The van der Waals surface area contributed by atoms with Crippen LogP contribution in [-0.4, -0.2) is 61.5 Å². The Morgan fingerprint density at radius 3 is 2.43 bits per heavy atom. The number of hydrogen-bond donors (Lipinski definition) is 1. The fourth-order valence-corrected chi connectivity index (χ4v) is 2.56. The quantitative estimate of drug-likeness (QED) is 0.545. The number of ether oxygens (including phenoxy) is 5. The van der Waals surface area contributed by atoms with Crippen molar-refractivity contribution in [2.75, 3.05) is 13.7 Å². The lowest BCUT2D eigenvalue weighted by Gasteiger charge is -2.46. The summed E-state index contributed by atoms with van der Waals surface area (Å²) < 4.78 is 26.8. The van der Waals surface area contributed by atoms with E-state index < -0.39 is 42.6 Å². The van der Waals surface area contributed by atoms with E-state index in [4.69, 9.17) is 35.9 Å². The predicted molar refractivity (Wildman–Crippen MR) is 72.3 cm³/mol. The van der Waals surface area contributed by atoms with Crippen molar-refractivity contribution in [2.24, 2.45) is 0 Å². The fourth-order valence-electron chi connectivity index (χ4n) is 2.37. The van der Waals surface area contributed by atoms with Gasteiger partial charge in [-0.25, -0.2) is 0 Å². The lowest BCUT2D eigenvalue weighted by atomic mass is 9.97. The van der Waals surface area contributed by atoms with Crippen molar-refractivity contribution >= 4 is 29.3 Å². The molecule has 2 rings (SSSR count). The SMILES string of the molecule is CO[C@H]1O[C@@H]2CNC(=S)O[C@H]2[C@H](OC(C)=O)[C@H]1OC(C)=O. The summed E-state index contributed by atoms with van der Waals surface area (Å²) in [7, 11) is 1.41. The minimum atomic E-state index is -0.932. The molecule has 5 atom stereocenters. The van der Waals surface area contributed by atoms with Crippen LogP contribution >= 0.6 is 12.2 Å². The molecule has 0 aromatic rings. The molecule has 0 aromatic heterocycles. The highest BCUT2D eigenvalue weighted by Gasteiger charge is 2.53. The van der Waals surface area contributed by atoms with E-state index >= 15 is 0 Å². The number of hydrogen-bond acceptors (Lipinski definition) is 8. The number of nitrogens with one attached hydrogen (secondary N) is 1. The Hall–Kier alpha value is -1.45. The second kappa shape index (κ2) is 6.54. The molecule has 0 aromatic carbocycles. The Morgan fingerprint density at radius 1 is 1.24 bits per heavy atom. The van der Waals surface area contributed by atoms with Gasteiger partial charge in [0.05, 0.1) is 0 Å². The standard InChI is InChI=1S/C12H17NO7S/c1-5(14)17-9-8-7(4-13-12(21)20-8)19-11(16-3)10(9)18-6(2)15/h7-11H,4H2,1-3H3,(H,13,21)/t7-,8-,9+,10-,11+/m1/s1. The van der Waals surface area contributed by atoms with Gasteiger partial charge in [-0.2, -0.15) is 0 Å². The van der Waals surface area contributed by atoms with Crippen molar-refractivity contribution < 1.29 is 33.3 Å². The van der Waals surface area contributed by atoms with E-state index in [1.54, 1.807) is 0 Å². The van der Waals surface area contributed by atoms with Crippen LogP contribution in [0.25, 0.3) is 0 Å². The summed E-state index contributed by atoms with van der Waals surface area (Å²) >= 11 is 4.96. The fraction of sp³-hybridized carbons (Fsp3) is 0.750. The number of fused-ring (bicyclic) bond motifs is 1. The average Bonchev–Trinajstić information content (AvgIpc) is 2.40. The van der Waals surface area contributed by atoms with Gasteiger partial charge in [0.2, 0.25) is 0 Å². The van der Waals surface area contributed by atoms with Crippen LogP contribution in [0.15, 0.2) is 0 Å². The molecule has 118 valence electrons. The molecule has 0 saturated carbocycles. The van der Waals surface area contributed by atoms with Crippen LogP contribution < -0.4 is 5.32 Å². The third kappa shape index (κ3) is 3.60. The summed E-state index contributed by atoms with van der Waals surface area (Å²) in [4.78, 5) is 22.6. The molecule has 0 spiro atoms. The molecule has 2 aliphatic heterocycles. The Bertz CT molecular complexity index is 443. The van der Waals surface area contributed by atoms with Gasteiger partial charge >= 0.3 is 11.9 Å². The van der Waals surface area contributed by atoms with Crippen molar-refractivity contribution in [3.05, 3.63) is 0 Å². The first kappa shape index (κ1) is 15.9. The number of carbonyl (C=O) groups is 2. The normalized spacial score (nSPS) is 35.0. The van der Waals surface area contributed by atoms with Gasteiger partial charge in [-0.1, -0.05) is 0 Å². The Labute approximate surface area is 127 Å². The monoisotopic (exact) mass is 319 g/mol. The van der Waals surface area contributed by atoms with Gasteiger partial charge in [-0.15, -0.1) is 0 Å². The van der Waals surface area contributed by atoms with Crippen LogP contribution in [0.2, 0.25) is 0 Å². The lowest BCUT2D eigenvalue weighted by Crippen LogP contribution is -2.66. The van der Waals surface area contributed by atoms with Crippen LogP contribution in [0.4, 0.5) is 0 Å². The molecule has 9 heteroatoms. The van der Waals surface area contributed by atoms with Crippen LogP contribution in [0.1, 0.15) is 13.8 Å². The molecule has 0 radical (unpaired) electrons. The third-order valence-corrected chi connectivity index (χ3v) is 3.36. The second-order valence-electron chi connectivity index (χ2n) is 4.68. The summed E-state index contributed by atoms with van der Waals surface area (Å²) in [6.07, 6.45) is -3.78. The minimum Gasteiger partial charge on any atom is -0.461 e. The predicted octanol–water partition coefficient (Wildman–Crippen LogP) is -0.506. The molecule has 0 amide bonds. The second-order valence-corrected chi connectivity index (χ2v) is 5.05. The van der Waals surface area contributed by atoms with Gasteiger partial charge < -0.3 is 29.0 Å². The number of carbonyl (C=O) groups excluding carboxylic acids is 2. The van der Waals surface area contributed by atoms with Crippen molar-refractivity contribution in [2.45, 2.75) is 44.6 Å². The van der Waals surface area contributed by atoms with Crippen molar-refractivity contribution in [1.29, 1.82) is 0 Å². The lowest BCUT2D eigenvalue weighted by molar-refractivity contribution is -0.295. The number of methoxy groups -OCH3 is 1. The van der Waals surface area contributed by atoms with Gasteiger partial charge in [-0.05, 0) is 12.2 Å². The highest BCUT2D eigenvalue weighted by atomic mass is 32.1. The number of rotatable bonds is 3. The molecule has 2 aliphatic rings. The first-order chi connectivity index (χ1) is 9.92. The molecular weight excluding hydrogens is 302 g/mol. The largest absolute Gasteiger partial charge is 0.461 e. The van der Waals surface area contributed by atoms with Gasteiger partial charge in [-0.3, -0.25) is 9.59 Å². The molecule has 2 saturated heterocycles. The Kier molecular flexibility index (Phi) is 4.96. The number of esters is 2. The highest BCUT2D eigenvalue weighted by molar-refractivity contribution is 7.80. The van der Waals surface area contributed by atoms with E-state index in [9.17, 15) is 9.59 Å². The van der Waals surface area contributed by atoms with E-state index in [1.165, 1.54) is 21.0 Å². The summed E-state index contributed by atoms with van der Waals surface area (Å²) in [6, 6.07) is 0. The van der Waals surface area contributed by atoms with E-state index in [0.29, 0.717) is 6.54 Å². The van der Waals surface area contributed by atoms with Gasteiger partial charge in [0.25, 0.3) is 5.17 Å². The van der Waals surface area contributed by atoms with Crippen molar-refractivity contribution in [3.8, 4) is 0 Å². The maximum Gasteiger partial charge on any atom is 0.303 e. The zero-order valence-electron chi connectivity index (χ0n) is 11.9. The Balaban J connectivity index is 2.27. The van der Waals surface area contributed by atoms with Crippen LogP contribution in [0, 0.1) is 0 Å². The Morgan fingerprint density at radius 2 is 1.86 bits per heavy atom. The van der Waals surface area contributed by atoms with Crippen LogP contribution in [0.3, 0.4) is 0 Å². The smallest absolute Gasteiger partial charge is 0.303 e. The van der Waals surface area contributed by atoms with Gasteiger partial charge in [0, 0.05) is 27.5 Å². The minimum absolute atomic E-state index is 0.175. The van der Waals surface area contributed by atoms with E-state index in [0.717, 1.165) is 0 Å². The molecule has 2 fully saturated rings. The molecule has 2 heterocycles. The summed E-state index contributed by atoms with van der Waals surface area (Å²) in [5, 5.41) is 3.01. The van der Waals surface area contributed by atoms with E-state index in [-0.39, 0.29) is 5.17 Å². The molecule has 1 N–H and O–H groups in total. The molecule has 0 aliphatic carbocycles. The van der Waals surface area contributed by atoms with Crippen LogP contribution in [0.5, 0.6) is 0 Å². The first-order valence-electron chi connectivity index (χ1n) is 6.39.